The molecule has 0 spiro atoms. The molecular weight excluding hydrogens is 214 g/mol. The van der Waals surface area contributed by atoms with Crippen molar-refractivity contribution < 1.29 is 9.90 Å². The van der Waals surface area contributed by atoms with E-state index in [2.05, 4.69) is 6.92 Å². The molecule has 0 aromatic carbocycles. The first-order valence-corrected chi connectivity index (χ1v) is 6.96. The number of carbonyl (C=O) groups is 1. The standard InChI is InChI=1S/C14H27NO2/c1-14(9-5-3-6-10-14)13(17)15(2)11-7-4-8-12-16/h16H,3-12H2,1-2H3. The second kappa shape index (κ2) is 7.00. The topological polar surface area (TPSA) is 40.5 Å². The maximum atomic E-state index is 12.4. The van der Waals surface area contributed by atoms with E-state index in [1.54, 1.807) is 0 Å². The molecule has 1 fully saturated rings. The summed E-state index contributed by atoms with van der Waals surface area (Å²) in [5, 5.41) is 8.71. The average molecular weight is 241 g/mol. The fourth-order valence-corrected chi connectivity index (χ4v) is 2.75. The van der Waals surface area contributed by atoms with E-state index in [9.17, 15) is 4.79 Å². The van der Waals surface area contributed by atoms with Crippen molar-refractivity contribution in [3.8, 4) is 0 Å². The van der Waals surface area contributed by atoms with E-state index in [4.69, 9.17) is 5.11 Å². The Labute approximate surface area is 105 Å². The van der Waals surface area contributed by atoms with Crippen LogP contribution < -0.4 is 0 Å². The third-order valence-corrected chi connectivity index (χ3v) is 3.97. The number of amides is 1. The molecule has 0 aliphatic heterocycles. The number of aliphatic hydroxyl groups excluding tert-OH is 1. The van der Waals surface area contributed by atoms with Gasteiger partial charge in [0, 0.05) is 25.6 Å². The van der Waals surface area contributed by atoms with Gasteiger partial charge in [0.15, 0.2) is 0 Å². The summed E-state index contributed by atoms with van der Waals surface area (Å²) in [5.41, 5.74) is -0.107. The lowest BCUT2D eigenvalue weighted by Gasteiger charge is -2.35. The Hall–Kier alpha value is -0.570. The number of rotatable bonds is 6. The molecule has 0 radical (unpaired) electrons. The minimum absolute atomic E-state index is 0.107. The summed E-state index contributed by atoms with van der Waals surface area (Å²) in [7, 11) is 1.92. The monoisotopic (exact) mass is 241 g/mol. The van der Waals surface area contributed by atoms with Crippen molar-refractivity contribution in [1.29, 1.82) is 0 Å². The second-order valence-electron chi connectivity index (χ2n) is 5.63. The minimum atomic E-state index is -0.107. The zero-order valence-electron chi connectivity index (χ0n) is 11.4. The van der Waals surface area contributed by atoms with E-state index in [0.717, 1.165) is 38.6 Å². The summed E-state index contributed by atoms with van der Waals surface area (Å²) >= 11 is 0. The van der Waals surface area contributed by atoms with Crippen LogP contribution in [0.2, 0.25) is 0 Å². The van der Waals surface area contributed by atoms with Crippen LogP contribution in [0.15, 0.2) is 0 Å². The fourth-order valence-electron chi connectivity index (χ4n) is 2.75. The molecule has 1 amide bonds. The minimum Gasteiger partial charge on any atom is -0.396 e. The van der Waals surface area contributed by atoms with Crippen LogP contribution in [0.25, 0.3) is 0 Å². The Balaban J connectivity index is 2.34. The lowest BCUT2D eigenvalue weighted by atomic mass is 9.74. The number of unbranched alkanes of at least 4 members (excludes halogenated alkanes) is 2. The molecule has 0 unspecified atom stereocenters. The molecule has 0 atom stereocenters. The normalized spacial score (nSPS) is 19.0. The highest BCUT2D eigenvalue weighted by Crippen LogP contribution is 2.37. The van der Waals surface area contributed by atoms with Gasteiger partial charge in [0.1, 0.15) is 0 Å². The predicted octanol–water partition coefficient (Wildman–Crippen LogP) is 2.58. The Kier molecular flexibility index (Phi) is 5.96. The molecule has 0 aromatic rings. The summed E-state index contributed by atoms with van der Waals surface area (Å²) in [6.07, 6.45) is 8.62. The van der Waals surface area contributed by atoms with E-state index in [-0.39, 0.29) is 12.0 Å². The first-order chi connectivity index (χ1) is 8.10. The molecule has 3 nitrogen and oxygen atoms in total. The van der Waals surface area contributed by atoms with Crippen molar-refractivity contribution >= 4 is 5.91 Å². The quantitative estimate of drug-likeness (QED) is 0.726. The van der Waals surface area contributed by atoms with Gasteiger partial charge in [-0.25, -0.2) is 0 Å². The molecule has 1 aliphatic carbocycles. The molecule has 0 heterocycles. The molecule has 1 aliphatic rings. The number of nitrogens with zero attached hydrogens (tertiary/aromatic N) is 1. The predicted molar refractivity (Wildman–Crippen MR) is 69.8 cm³/mol. The van der Waals surface area contributed by atoms with E-state index in [0.29, 0.717) is 5.91 Å². The van der Waals surface area contributed by atoms with Crippen LogP contribution >= 0.6 is 0 Å². The highest BCUT2D eigenvalue weighted by molar-refractivity contribution is 5.82. The number of hydrogen-bond donors (Lipinski definition) is 1. The maximum Gasteiger partial charge on any atom is 0.228 e. The molecule has 100 valence electrons. The zero-order chi connectivity index (χ0) is 12.7. The molecule has 1 saturated carbocycles. The summed E-state index contributed by atoms with van der Waals surface area (Å²) < 4.78 is 0. The molecule has 0 saturated heterocycles. The van der Waals surface area contributed by atoms with Gasteiger partial charge in [-0.15, -0.1) is 0 Å². The lowest BCUT2D eigenvalue weighted by Crippen LogP contribution is -2.41. The van der Waals surface area contributed by atoms with Gasteiger partial charge in [-0.1, -0.05) is 26.2 Å². The Morgan fingerprint density at radius 3 is 2.41 bits per heavy atom. The fraction of sp³-hybridized carbons (Fsp3) is 0.929. The Bertz CT molecular complexity index is 234. The Morgan fingerprint density at radius 1 is 1.18 bits per heavy atom. The molecule has 1 rings (SSSR count). The highest BCUT2D eigenvalue weighted by atomic mass is 16.2. The summed E-state index contributed by atoms with van der Waals surface area (Å²) in [5.74, 6) is 0.321. The van der Waals surface area contributed by atoms with Crippen LogP contribution in [-0.2, 0) is 4.79 Å². The maximum absolute atomic E-state index is 12.4. The number of aliphatic hydroxyl groups is 1. The molecule has 3 heteroatoms. The van der Waals surface area contributed by atoms with Crippen molar-refractivity contribution in [2.45, 2.75) is 58.3 Å². The van der Waals surface area contributed by atoms with Gasteiger partial charge < -0.3 is 10.0 Å². The molecule has 0 bridgehead atoms. The van der Waals surface area contributed by atoms with E-state index < -0.39 is 0 Å². The van der Waals surface area contributed by atoms with Gasteiger partial charge in [-0.2, -0.15) is 0 Å². The summed E-state index contributed by atoms with van der Waals surface area (Å²) in [6, 6.07) is 0. The summed E-state index contributed by atoms with van der Waals surface area (Å²) in [4.78, 5) is 14.3. The van der Waals surface area contributed by atoms with Crippen molar-refractivity contribution in [2.24, 2.45) is 5.41 Å². The van der Waals surface area contributed by atoms with Gasteiger partial charge in [-0.3, -0.25) is 4.79 Å². The van der Waals surface area contributed by atoms with Crippen LogP contribution in [0.1, 0.15) is 58.3 Å². The number of carbonyl (C=O) groups excluding carboxylic acids is 1. The van der Waals surface area contributed by atoms with Crippen LogP contribution in [0.4, 0.5) is 0 Å². The molecule has 0 aromatic heterocycles. The average Bonchev–Trinajstić information content (AvgIpc) is 2.34. The van der Waals surface area contributed by atoms with E-state index >= 15 is 0 Å². The molecule has 1 N–H and O–H groups in total. The first-order valence-electron chi connectivity index (χ1n) is 6.96. The molecule has 17 heavy (non-hydrogen) atoms. The first kappa shape index (κ1) is 14.5. The van der Waals surface area contributed by atoms with Crippen LogP contribution in [-0.4, -0.2) is 36.1 Å². The zero-order valence-corrected chi connectivity index (χ0v) is 11.4. The van der Waals surface area contributed by atoms with E-state index in [1.165, 1.54) is 19.3 Å². The van der Waals surface area contributed by atoms with Gasteiger partial charge >= 0.3 is 0 Å². The van der Waals surface area contributed by atoms with E-state index in [1.807, 2.05) is 11.9 Å². The van der Waals surface area contributed by atoms with Crippen LogP contribution in [0, 0.1) is 5.41 Å². The lowest BCUT2D eigenvalue weighted by molar-refractivity contribution is -0.141. The number of hydrogen-bond acceptors (Lipinski definition) is 2. The van der Waals surface area contributed by atoms with Gasteiger partial charge in [0.2, 0.25) is 5.91 Å². The molecular formula is C14H27NO2. The third-order valence-electron chi connectivity index (χ3n) is 3.97. The van der Waals surface area contributed by atoms with Crippen molar-refractivity contribution in [2.75, 3.05) is 20.2 Å². The van der Waals surface area contributed by atoms with Crippen molar-refractivity contribution in [3.05, 3.63) is 0 Å². The highest BCUT2D eigenvalue weighted by Gasteiger charge is 2.36. The van der Waals surface area contributed by atoms with Crippen LogP contribution in [0.5, 0.6) is 0 Å². The van der Waals surface area contributed by atoms with Gasteiger partial charge in [0.25, 0.3) is 0 Å². The van der Waals surface area contributed by atoms with Gasteiger partial charge in [0.05, 0.1) is 0 Å². The van der Waals surface area contributed by atoms with Crippen molar-refractivity contribution in [1.82, 2.24) is 4.90 Å². The van der Waals surface area contributed by atoms with Crippen LogP contribution in [0.3, 0.4) is 0 Å². The summed E-state index contributed by atoms with van der Waals surface area (Å²) in [6.45, 7) is 3.21. The second-order valence-corrected chi connectivity index (χ2v) is 5.63. The smallest absolute Gasteiger partial charge is 0.228 e. The SMILES string of the molecule is CN(CCCCCO)C(=O)C1(C)CCCCC1. The Morgan fingerprint density at radius 2 is 1.82 bits per heavy atom. The van der Waals surface area contributed by atoms with Gasteiger partial charge in [-0.05, 0) is 32.1 Å². The largest absolute Gasteiger partial charge is 0.396 e. The third kappa shape index (κ3) is 4.30. The van der Waals surface area contributed by atoms with Crippen molar-refractivity contribution in [3.63, 3.8) is 0 Å².